The second-order valence-electron chi connectivity index (χ2n) is 2.04. The number of halogens is 4. The van der Waals surface area contributed by atoms with E-state index in [4.69, 9.17) is 16.3 Å². The van der Waals surface area contributed by atoms with Gasteiger partial charge in [0, 0.05) is 16.1 Å². The third-order valence-corrected chi connectivity index (χ3v) is 2.86. The lowest BCUT2D eigenvalue weighted by Crippen LogP contribution is -1.97. The molecule has 0 saturated carbocycles. The molecular formula is C7H2Br3ClO2. The van der Waals surface area contributed by atoms with Crippen LogP contribution in [-0.4, -0.2) is 5.43 Å². The number of carbonyl (C=O) groups is 1. The maximum Gasteiger partial charge on any atom is 0.409 e. The Morgan fingerprint density at radius 3 is 2.08 bits per heavy atom. The molecule has 0 aliphatic carbocycles. The van der Waals surface area contributed by atoms with Crippen LogP contribution in [0.25, 0.3) is 0 Å². The Balaban J connectivity index is 3.13. The van der Waals surface area contributed by atoms with Gasteiger partial charge in [0.1, 0.15) is 0 Å². The highest BCUT2D eigenvalue weighted by Crippen LogP contribution is 2.36. The summed E-state index contributed by atoms with van der Waals surface area (Å²) in [6.07, 6.45) is 0. The SMILES string of the molecule is O=C(Cl)Oc1c(Br)cc(Br)cc1Br. The number of hydrogen-bond acceptors (Lipinski definition) is 2. The summed E-state index contributed by atoms with van der Waals surface area (Å²) >= 11 is 14.8. The van der Waals surface area contributed by atoms with Crippen molar-refractivity contribution in [3.05, 3.63) is 25.6 Å². The predicted molar refractivity (Wildman–Crippen MR) is 61.4 cm³/mol. The molecule has 0 spiro atoms. The fraction of sp³-hybridized carbons (Fsp3) is 0. The standard InChI is InChI=1S/C7H2Br3ClO2/c8-3-1-4(9)6(5(10)2-3)13-7(11)12/h1-2H. The van der Waals surface area contributed by atoms with Crippen LogP contribution < -0.4 is 4.74 Å². The minimum Gasteiger partial charge on any atom is -0.412 e. The van der Waals surface area contributed by atoms with Crippen LogP contribution in [0.1, 0.15) is 0 Å². The Kier molecular flexibility index (Phi) is 4.22. The predicted octanol–water partition coefficient (Wildman–Crippen LogP) is 4.71. The van der Waals surface area contributed by atoms with Gasteiger partial charge in [0.05, 0.1) is 8.95 Å². The van der Waals surface area contributed by atoms with Gasteiger partial charge in [-0.15, -0.1) is 0 Å². The van der Waals surface area contributed by atoms with Crippen molar-refractivity contribution in [1.29, 1.82) is 0 Å². The van der Waals surface area contributed by atoms with E-state index in [1.807, 2.05) is 0 Å². The van der Waals surface area contributed by atoms with Gasteiger partial charge in [-0.2, -0.15) is 0 Å². The number of carbonyl (C=O) groups excluding carboxylic acids is 1. The van der Waals surface area contributed by atoms with Gasteiger partial charge in [-0.3, -0.25) is 0 Å². The average Bonchev–Trinajstić information content (AvgIpc) is 1.96. The highest BCUT2D eigenvalue weighted by molar-refractivity contribution is 9.11. The average molecular weight is 393 g/mol. The van der Waals surface area contributed by atoms with Crippen molar-refractivity contribution in [1.82, 2.24) is 0 Å². The third-order valence-electron chi connectivity index (χ3n) is 1.15. The molecule has 1 aromatic rings. The van der Waals surface area contributed by atoms with E-state index in [2.05, 4.69) is 47.8 Å². The first-order valence-corrected chi connectivity index (χ1v) is 5.78. The first-order valence-electron chi connectivity index (χ1n) is 3.02. The fourth-order valence-electron chi connectivity index (χ4n) is 0.707. The topological polar surface area (TPSA) is 26.3 Å². The summed E-state index contributed by atoms with van der Waals surface area (Å²) < 4.78 is 6.89. The number of ether oxygens (including phenoxy) is 1. The van der Waals surface area contributed by atoms with E-state index in [-0.39, 0.29) is 0 Å². The van der Waals surface area contributed by atoms with Crippen molar-refractivity contribution < 1.29 is 9.53 Å². The van der Waals surface area contributed by atoms with E-state index < -0.39 is 5.43 Å². The lowest BCUT2D eigenvalue weighted by atomic mass is 10.3. The van der Waals surface area contributed by atoms with E-state index in [0.717, 1.165) is 4.47 Å². The smallest absolute Gasteiger partial charge is 0.409 e. The second-order valence-corrected chi connectivity index (χ2v) is 4.97. The van der Waals surface area contributed by atoms with Crippen molar-refractivity contribution in [2.45, 2.75) is 0 Å². The molecule has 6 heteroatoms. The summed E-state index contributed by atoms with van der Waals surface area (Å²) in [5.41, 5.74) is -0.872. The van der Waals surface area contributed by atoms with Crippen LogP contribution in [0.2, 0.25) is 0 Å². The Morgan fingerprint density at radius 2 is 1.69 bits per heavy atom. The molecule has 0 aliphatic heterocycles. The zero-order valence-corrected chi connectivity index (χ0v) is 11.5. The van der Waals surface area contributed by atoms with Gasteiger partial charge in [0.25, 0.3) is 0 Å². The fourth-order valence-corrected chi connectivity index (χ4v) is 3.20. The van der Waals surface area contributed by atoms with Crippen molar-refractivity contribution in [2.24, 2.45) is 0 Å². The number of hydrogen-bond donors (Lipinski definition) is 0. The zero-order chi connectivity index (χ0) is 10.0. The van der Waals surface area contributed by atoms with E-state index in [9.17, 15) is 4.79 Å². The lowest BCUT2D eigenvalue weighted by molar-refractivity contribution is 0.225. The second kappa shape index (κ2) is 4.77. The van der Waals surface area contributed by atoms with Gasteiger partial charge in [0.2, 0.25) is 0 Å². The maximum atomic E-state index is 10.5. The molecule has 13 heavy (non-hydrogen) atoms. The molecule has 0 unspecified atom stereocenters. The Hall–Kier alpha value is 0.420. The molecule has 0 aliphatic rings. The van der Waals surface area contributed by atoms with Crippen LogP contribution >= 0.6 is 59.4 Å². The first kappa shape index (κ1) is 11.5. The molecule has 0 N–H and O–H groups in total. The van der Waals surface area contributed by atoms with Crippen LogP contribution in [0, 0.1) is 0 Å². The van der Waals surface area contributed by atoms with Crippen LogP contribution in [0.5, 0.6) is 5.75 Å². The maximum absolute atomic E-state index is 10.5. The molecule has 0 aromatic heterocycles. The minimum absolute atomic E-state index is 0.364. The zero-order valence-electron chi connectivity index (χ0n) is 5.98. The van der Waals surface area contributed by atoms with Gasteiger partial charge < -0.3 is 4.74 Å². The molecule has 0 radical (unpaired) electrons. The summed E-state index contributed by atoms with van der Waals surface area (Å²) in [5.74, 6) is 0.364. The third kappa shape index (κ3) is 3.23. The molecule has 1 aromatic carbocycles. The monoisotopic (exact) mass is 390 g/mol. The Morgan fingerprint density at radius 1 is 1.23 bits per heavy atom. The summed E-state index contributed by atoms with van der Waals surface area (Å²) in [7, 11) is 0. The Bertz CT molecular complexity index is 331. The van der Waals surface area contributed by atoms with Crippen molar-refractivity contribution >= 4 is 64.8 Å². The summed E-state index contributed by atoms with van der Waals surface area (Å²) in [5, 5.41) is 0. The minimum atomic E-state index is -0.872. The molecule has 0 bridgehead atoms. The molecule has 0 amide bonds. The van der Waals surface area contributed by atoms with Gasteiger partial charge in [-0.1, -0.05) is 15.9 Å². The molecule has 0 fully saturated rings. The summed E-state index contributed by atoms with van der Waals surface area (Å²) in [4.78, 5) is 10.5. The largest absolute Gasteiger partial charge is 0.412 e. The normalized spacial score (nSPS) is 9.85. The van der Waals surface area contributed by atoms with Crippen LogP contribution in [0.15, 0.2) is 25.6 Å². The van der Waals surface area contributed by atoms with Crippen LogP contribution in [-0.2, 0) is 0 Å². The lowest BCUT2D eigenvalue weighted by Gasteiger charge is -2.05. The van der Waals surface area contributed by atoms with Gasteiger partial charge >= 0.3 is 5.43 Å². The molecule has 1 rings (SSSR count). The Labute approximate surface area is 105 Å². The van der Waals surface area contributed by atoms with Gasteiger partial charge in [-0.25, -0.2) is 4.79 Å². The van der Waals surface area contributed by atoms with Crippen LogP contribution in [0.4, 0.5) is 4.79 Å². The van der Waals surface area contributed by atoms with E-state index in [1.54, 1.807) is 12.1 Å². The molecule has 0 heterocycles. The molecule has 70 valence electrons. The van der Waals surface area contributed by atoms with Crippen molar-refractivity contribution in [2.75, 3.05) is 0 Å². The highest BCUT2D eigenvalue weighted by Gasteiger charge is 2.10. The molecular weight excluding hydrogens is 391 g/mol. The molecule has 0 atom stereocenters. The number of benzene rings is 1. The van der Waals surface area contributed by atoms with Gasteiger partial charge in [-0.05, 0) is 44.0 Å². The first-order chi connectivity index (χ1) is 6.00. The summed E-state index contributed by atoms with van der Waals surface area (Å²) in [6.45, 7) is 0. The van der Waals surface area contributed by atoms with Crippen LogP contribution in [0.3, 0.4) is 0 Å². The highest BCUT2D eigenvalue weighted by atomic mass is 79.9. The summed E-state index contributed by atoms with van der Waals surface area (Å²) in [6, 6.07) is 3.50. The van der Waals surface area contributed by atoms with E-state index >= 15 is 0 Å². The van der Waals surface area contributed by atoms with E-state index in [1.165, 1.54) is 0 Å². The van der Waals surface area contributed by atoms with Crippen molar-refractivity contribution in [3.63, 3.8) is 0 Å². The quantitative estimate of drug-likeness (QED) is 0.646. The van der Waals surface area contributed by atoms with Gasteiger partial charge in [0.15, 0.2) is 5.75 Å². The van der Waals surface area contributed by atoms with E-state index in [0.29, 0.717) is 14.7 Å². The molecule has 2 nitrogen and oxygen atoms in total. The number of rotatable bonds is 1. The van der Waals surface area contributed by atoms with Crippen molar-refractivity contribution in [3.8, 4) is 5.75 Å². The molecule has 0 saturated heterocycles.